The molecule has 0 saturated carbocycles. The van der Waals surface area contributed by atoms with Gasteiger partial charge < -0.3 is 5.73 Å². The number of fused-ring (bicyclic) bond motifs is 1. The summed E-state index contributed by atoms with van der Waals surface area (Å²) in [5.41, 5.74) is 6.01. The molecule has 0 fully saturated rings. The average Bonchev–Trinajstić information content (AvgIpc) is 2.27. The molecule has 0 radical (unpaired) electrons. The lowest BCUT2D eigenvalue weighted by Gasteiger charge is -2.08. The molecule has 0 aliphatic heterocycles. The Kier molecular flexibility index (Phi) is 2.46. The molecule has 1 unspecified atom stereocenters. The van der Waals surface area contributed by atoms with Crippen LogP contribution in [0.1, 0.15) is 11.7 Å². The van der Waals surface area contributed by atoms with Gasteiger partial charge in [0.05, 0.1) is 0 Å². The van der Waals surface area contributed by atoms with Crippen molar-refractivity contribution in [2.75, 3.05) is 6.54 Å². The van der Waals surface area contributed by atoms with Crippen LogP contribution in [0.3, 0.4) is 0 Å². The SMILES string of the molecule is NCC(F)c1cccc2ccccc12. The van der Waals surface area contributed by atoms with Gasteiger partial charge in [0.1, 0.15) is 6.17 Å². The molecular formula is C12H12FN. The third kappa shape index (κ3) is 1.49. The predicted octanol–water partition coefficient (Wildman–Crippen LogP) is 2.81. The standard InChI is InChI=1S/C12H12FN/c13-12(8-14)11-7-3-5-9-4-1-2-6-10(9)11/h1-7,12H,8,14H2. The summed E-state index contributed by atoms with van der Waals surface area (Å²) in [4.78, 5) is 0. The monoisotopic (exact) mass is 189 g/mol. The van der Waals surface area contributed by atoms with Gasteiger partial charge in [-0.25, -0.2) is 4.39 Å². The Bertz CT molecular complexity index is 434. The van der Waals surface area contributed by atoms with E-state index in [0.717, 1.165) is 10.8 Å². The lowest BCUT2D eigenvalue weighted by atomic mass is 10.0. The minimum absolute atomic E-state index is 0.0357. The van der Waals surface area contributed by atoms with E-state index in [9.17, 15) is 4.39 Å². The van der Waals surface area contributed by atoms with E-state index >= 15 is 0 Å². The topological polar surface area (TPSA) is 26.0 Å². The highest BCUT2D eigenvalue weighted by Crippen LogP contribution is 2.25. The van der Waals surface area contributed by atoms with Crippen molar-refractivity contribution in [2.24, 2.45) is 5.73 Å². The zero-order valence-corrected chi connectivity index (χ0v) is 7.78. The summed E-state index contributed by atoms with van der Waals surface area (Å²) in [5.74, 6) is 0. The van der Waals surface area contributed by atoms with Gasteiger partial charge in [0.25, 0.3) is 0 Å². The van der Waals surface area contributed by atoms with E-state index in [1.165, 1.54) is 0 Å². The zero-order valence-electron chi connectivity index (χ0n) is 7.78. The summed E-state index contributed by atoms with van der Waals surface area (Å²) in [7, 11) is 0. The fourth-order valence-corrected chi connectivity index (χ4v) is 1.65. The summed E-state index contributed by atoms with van der Waals surface area (Å²) in [6, 6.07) is 13.4. The second kappa shape index (κ2) is 3.76. The first-order valence-electron chi connectivity index (χ1n) is 4.64. The Labute approximate surface area is 82.3 Å². The molecule has 72 valence electrons. The fraction of sp³-hybridized carbons (Fsp3) is 0.167. The second-order valence-corrected chi connectivity index (χ2v) is 3.27. The number of hydrogen-bond acceptors (Lipinski definition) is 1. The van der Waals surface area contributed by atoms with Gasteiger partial charge in [-0.05, 0) is 16.3 Å². The maximum absolute atomic E-state index is 13.5. The zero-order chi connectivity index (χ0) is 9.97. The molecule has 0 aliphatic rings. The van der Waals surface area contributed by atoms with Crippen LogP contribution in [0.25, 0.3) is 10.8 Å². The number of hydrogen-bond donors (Lipinski definition) is 1. The molecule has 0 heterocycles. The van der Waals surface area contributed by atoms with Gasteiger partial charge in [-0.1, -0.05) is 42.5 Å². The van der Waals surface area contributed by atoms with Crippen molar-refractivity contribution < 1.29 is 4.39 Å². The molecule has 0 spiro atoms. The number of benzene rings is 2. The van der Waals surface area contributed by atoms with Gasteiger partial charge in [-0.15, -0.1) is 0 Å². The third-order valence-corrected chi connectivity index (χ3v) is 2.37. The van der Waals surface area contributed by atoms with Crippen LogP contribution in [-0.4, -0.2) is 6.54 Å². The minimum atomic E-state index is -1.07. The molecular weight excluding hydrogens is 177 g/mol. The Hall–Kier alpha value is -1.41. The highest BCUT2D eigenvalue weighted by Gasteiger charge is 2.09. The van der Waals surface area contributed by atoms with Crippen LogP contribution in [0.2, 0.25) is 0 Å². The van der Waals surface area contributed by atoms with Crippen molar-refractivity contribution >= 4 is 10.8 Å². The van der Waals surface area contributed by atoms with Crippen LogP contribution in [-0.2, 0) is 0 Å². The second-order valence-electron chi connectivity index (χ2n) is 3.27. The van der Waals surface area contributed by atoms with E-state index in [-0.39, 0.29) is 6.54 Å². The van der Waals surface area contributed by atoms with Crippen molar-refractivity contribution in [1.29, 1.82) is 0 Å². The molecule has 2 rings (SSSR count). The van der Waals surface area contributed by atoms with Gasteiger partial charge in [0.15, 0.2) is 0 Å². The molecule has 1 atom stereocenters. The van der Waals surface area contributed by atoms with E-state index in [0.29, 0.717) is 5.56 Å². The van der Waals surface area contributed by atoms with Crippen LogP contribution in [0.15, 0.2) is 42.5 Å². The first-order valence-corrected chi connectivity index (χ1v) is 4.64. The number of nitrogens with two attached hydrogens (primary N) is 1. The van der Waals surface area contributed by atoms with E-state index in [1.807, 2.05) is 36.4 Å². The maximum atomic E-state index is 13.5. The van der Waals surface area contributed by atoms with Gasteiger partial charge in [0, 0.05) is 6.54 Å². The van der Waals surface area contributed by atoms with Gasteiger partial charge >= 0.3 is 0 Å². The van der Waals surface area contributed by atoms with Gasteiger partial charge in [-0.2, -0.15) is 0 Å². The lowest BCUT2D eigenvalue weighted by Crippen LogP contribution is -2.07. The van der Waals surface area contributed by atoms with Gasteiger partial charge in [-0.3, -0.25) is 0 Å². The molecule has 14 heavy (non-hydrogen) atoms. The summed E-state index contributed by atoms with van der Waals surface area (Å²) < 4.78 is 13.5. The number of rotatable bonds is 2. The highest BCUT2D eigenvalue weighted by molar-refractivity contribution is 5.85. The fourth-order valence-electron chi connectivity index (χ4n) is 1.65. The molecule has 0 amide bonds. The first kappa shape index (κ1) is 9.16. The molecule has 2 aromatic carbocycles. The molecule has 0 saturated heterocycles. The summed E-state index contributed by atoms with van der Waals surface area (Å²) in [6.07, 6.45) is -1.07. The summed E-state index contributed by atoms with van der Waals surface area (Å²) in [6.45, 7) is 0.0357. The lowest BCUT2D eigenvalue weighted by molar-refractivity contribution is 0.355. The third-order valence-electron chi connectivity index (χ3n) is 2.37. The quantitative estimate of drug-likeness (QED) is 0.772. The Balaban J connectivity index is 2.65. The number of alkyl halides is 1. The van der Waals surface area contributed by atoms with Crippen LogP contribution >= 0.6 is 0 Å². The Morgan fingerprint density at radius 1 is 1.07 bits per heavy atom. The van der Waals surface area contributed by atoms with Crippen LogP contribution in [0.5, 0.6) is 0 Å². The van der Waals surface area contributed by atoms with Crippen molar-refractivity contribution in [2.45, 2.75) is 6.17 Å². The van der Waals surface area contributed by atoms with E-state index in [2.05, 4.69) is 0 Å². The van der Waals surface area contributed by atoms with Crippen LogP contribution in [0.4, 0.5) is 4.39 Å². The molecule has 0 aromatic heterocycles. The maximum Gasteiger partial charge on any atom is 0.138 e. The van der Waals surface area contributed by atoms with E-state index < -0.39 is 6.17 Å². The van der Waals surface area contributed by atoms with Crippen molar-refractivity contribution in [3.05, 3.63) is 48.0 Å². The van der Waals surface area contributed by atoms with Crippen molar-refractivity contribution in [1.82, 2.24) is 0 Å². The Morgan fingerprint density at radius 2 is 1.79 bits per heavy atom. The van der Waals surface area contributed by atoms with Crippen molar-refractivity contribution in [3.63, 3.8) is 0 Å². The summed E-state index contributed by atoms with van der Waals surface area (Å²) in [5, 5.41) is 2.01. The molecule has 2 heteroatoms. The van der Waals surface area contributed by atoms with Crippen molar-refractivity contribution in [3.8, 4) is 0 Å². The smallest absolute Gasteiger partial charge is 0.138 e. The molecule has 0 aliphatic carbocycles. The van der Waals surface area contributed by atoms with E-state index in [4.69, 9.17) is 5.73 Å². The van der Waals surface area contributed by atoms with E-state index in [1.54, 1.807) is 6.07 Å². The average molecular weight is 189 g/mol. The van der Waals surface area contributed by atoms with Gasteiger partial charge in [0.2, 0.25) is 0 Å². The Morgan fingerprint density at radius 3 is 2.57 bits per heavy atom. The molecule has 2 N–H and O–H groups in total. The largest absolute Gasteiger partial charge is 0.327 e. The normalized spacial score (nSPS) is 13.0. The molecule has 1 nitrogen and oxygen atoms in total. The van der Waals surface area contributed by atoms with Crippen LogP contribution < -0.4 is 5.73 Å². The van der Waals surface area contributed by atoms with Crippen LogP contribution in [0, 0.1) is 0 Å². The highest BCUT2D eigenvalue weighted by atomic mass is 19.1. The number of halogens is 1. The molecule has 0 bridgehead atoms. The predicted molar refractivity (Wildman–Crippen MR) is 56.9 cm³/mol. The summed E-state index contributed by atoms with van der Waals surface area (Å²) >= 11 is 0. The first-order chi connectivity index (χ1) is 6.83. The molecule has 2 aromatic rings. The minimum Gasteiger partial charge on any atom is -0.327 e.